The zero-order valence-electron chi connectivity index (χ0n) is 19.2. The van der Waals surface area contributed by atoms with Crippen LogP contribution in [0, 0.1) is 0 Å². The maximum atomic E-state index is 11.6. The first-order valence-electron chi connectivity index (χ1n) is 10.7. The molecule has 0 radical (unpaired) electrons. The Morgan fingerprint density at radius 2 is 1.26 bits per heavy atom. The van der Waals surface area contributed by atoms with E-state index in [2.05, 4.69) is 96.0 Å². The highest BCUT2D eigenvalue weighted by Crippen LogP contribution is 2.41. The van der Waals surface area contributed by atoms with Crippen LogP contribution >= 0.6 is 15.6 Å². The van der Waals surface area contributed by atoms with Gasteiger partial charge in [-0.1, -0.05) is 97.3 Å². The largest absolute Gasteiger partial charge is 0.353 e. The Bertz CT molecular complexity index is 1300. The summed E-state index contributed by atoms with van der Waals surface area (Å²) in [6.07, 6.45) is 5.11. The third-order valence-corrected chi connectivity index (χ3v) is 9.74. The predicted molar refractivity (Wildman–Crippen MR) is 146 cm³/mol. The van der Waals surface area contributed by atoms with Crippen molar-refractivity contribution in [2.45, 2.75) is 13.5 Å². The maximum absolute atomic E-state index is 11.6. The summed E-state index contributed by atoms with van der Waals surface area (Å²) < 4.78 is 2.18. The Balaban J connectivity index is 0.000000204. The highest BCUT2D eigenvalue weighted by atomic mass is 31.2. The maximum Gasteiger partial charge on any atom is 0.353 e. The van der Waals surface area contributed by atoms with Crippen molar-refractivity contribution in [3.63, 3.8) is 0 Å². The molecule has 1 atom stereocenters. The van der Waals surface area contributed by atoms with Gasteiger partial charge in [0, 0.05) is 6.54 Å². The molecule has 0 aliphatic rings. The molecule has 0 N–H and O–H groups in total. The van der Waals surface area contributed by atoms with E-state index in [1.54, 1.807) is 13.6 Å². The van der Waals surface area contributed by atoms with Crippen LogP contribution in [0.15, 0.2) is 101 Å². The molecule has 0 spiro atoms. The van der Waals surface area contributed by atoms with Crippen LogP contribution in [-0.2, 0) is 6.54 Å². The van der Waals surface area contributed by atoms with Gasteiger partial charge >= 0.3 is 11.4 Å². The molecule has 1 heterocycles. The second-order valence-corrected chi connectivity index (χ2v) is 11.3. The number of nitrogens with zero attached hydrogens (tertiary/aromatic N) is 3. The first-order chi connectivity index (χ1) is 16.5. The minimum absolute atomic E-state index is 0.0810. The number of hydrogen-bond acceptors (Lipinski definition) is 4. The first kappa shape index (κ1) is 25.3. The molecule has 0 fully saturated rings. The van der Waals surface area contributed by atoms with Gasteiger partial charge in [0.2, 0.25) is 0 Å². The lowest BCUT2D eigenvalue weighted by atomic mass is 10.4. The zero-order chi connectivity index (χ0) is 24.6. The Labute approximate surface area is 200 Å². The Morgan fingerprint density at radius 3 is 1.59 bits per heavy atom. The lowest BCUT2D eigenvalue weighted by Gasteiger charge is -2.26. The molecule has 0 saturated carbocycles. The van der Waals surface area contributed by atoms with Gasteiger partial charge in [-0.05, 0) is 45.1 Å². The van der Waals surface area contributed by atoms with E-state index in [0.29, 0.717) is 6.29 Å². The van der Waals surface area contributed by atoms with E-state index in [4.69, 9.17) is 6.30 Å². The van der Waals surface area contributed by atoms with E-state index < -0.39 is 18.3 Å². The Morgan fingerprint density at radius 1 is 0.853 bits per heavy atom. The van der Waals surface area contributed by atoms with Crippen molar-refractivity contribution in [1.29, 1.82) is 0 Å². The average Bonchev–Trinajstić information content (AvgIpc) is 2.90. The van der Waals surface area contributed by atoms with Gasteiger partial charge in [0.15, 0.2) is 12.1 Å². The van der Waals surface area contributed by atoms with Gasteiger partial charge in [0.1, 0.15) is 0 Å². The van der Waals surface area contributed by atoms with Crippen molar-refractivity contribution in [3.8, 4) is 0 Å². The number of benzene rings is 3. The monoisotopic (exact) mass is 491 g/mol. The summed E-state index contributed by atoms with van der Waals surface area (Å²) in [5.41, 5.74) is -1.15. The van der Waals surface area contributed by atoms with Crippen LogP contribution in [0.1, 0.15) is 17.5 Å². The summed E-state index contributed by atoms with van der Waals surface area (Å²) in [7, 11) is 0.0810. The molecule has 34 heavy (non-hydrogen) atoms. The fourth-order valence-electron chi connectivity index (χ4n) is 3.56. The number of carbonyl (C=O) groups is 1. The number of aldehydes is 1. The molecular weight excluding hydrogens is 464 g/mol. The SMILES string of the molecule is C=P(c1ccccc1)(c1ccccc1)c1ccccc1.CCn1c(=O)nc(C=O)n(PC)c1=O. The molecule has 6 nitrogen and oxygen atoms in total. The van der Waals surface area contributed by atoms with Crippen molar-refractivity contribution in [1.82, 2.24) is 13.9 Å². The lowest BCUT2D eigenvalue weighted by Crippen LogP contribution is -2.40. The van der Waals surface area contributed by atoms with Crippen molar-refractivity contribution < 1.29 is 4.79 Å². The second-order valence-electron chi connectivity index (χ2n) is 7.27. The van der Waals surface area contributed by atoms with Crippen molar-refractivity contribution in [3.05, 3.63) is 118 Å². The quantitative estimate of drug-likeness (QED) is 0.307. The molecule has 0 amide bonds. The highest BCUT2D eigenvalue weighted by molar-refractivity contribution is 7.93. The third-order valence-electron chi connectivity index (χ3n) is 5.33. The Hall–Kier alpha value is -3.33. The number of aromatic nitrogens is 3. The van der Waals surface area contributed by atoms with Crippen molar-refractivity contribution >= 4 is 44.1 Å². The van der Waals surface area contributed by atoms with Gasteiger partial charge in [0.25, 0.3) is 0 Å². The van der Waals surface area contributed by atoms with E-state index in [0.717, 1.165) is 4.57 Å². The normalized spacial score (nSPS) is 11.1. The predicted octanol–water partition coefficient (Wildman–Crippen LogP) is 2.72. The number of carbonyl (C=O) groups excluding carboxylic acids is 1. The topological polar surface area (TPSA) is 74.0 Å². The van der Waals surface area contributed by atoms with Crippen LogP contribution in [0.25, 0.3) is 0 Å². The molecule has 0 aliphatic heterocycles. The van der Waals surface area contributed by atoms with Gasteiger partial charge < -0.3 is 0 Å². The minimum Gasteiger partial charge on any atom is -0.294 e. The zero-order valence-corrected chi connectivity index (χ0v) is 21.1. The molecule has 8 heteroatoms. The molecule has 1 aromatic heterocycles. The van der Waals surface area contributed by atoms with Crippen LogP contribution in [0.2, 0.25) is 0 Å². The van der Waals surface area contributed by atoms with Gasteiger partial charge in [0.05, 0.1) is 0 Å². The van der Waals surface area contributed by atoms with Crippen LogP contribution in [0.3, 0.4) is 0 Å². The van der Waals surface area contributed by atoms with Crippen LogP contribution < -0.4 is 27.3 Å². The molecule has 1 unspecified atom stereocenters. The smallest absolute Gasteiger partial charge is 0.294 e. The summed E-state index contributed by atoms with van der Waals surface area (Å²) in [6.45, 7) is 1.89. The molecular formula is C26H27N3O3P2. The summed E-state index contributed by atoms with van der Waals surface area (Å²) >= 11 is 0. The van der Waals surface area contributed by atoms with Crippen molar-refractivity contribution in [2.75, 3.05) is 6.66 Å². The molecule has 4 rings (SSSR count). The summed E-state index contributed by atoms with van der Waals surface area (Å²) in [5, 5.41) is 3.95. The second kappa shape index (κ2) is 11.7. The van der Waals surface area contributed by atoms with Crippen LogP contribution in [0.5, 0.6) is 0 Å². The fraction of sp³-hybridized carbons (Fsp3) is 0.115. The first-order valence-corrected chi connectivity index (χ1v) is 14.2. The molecule has 174 valence electrons. The standard InChI is InChI=1S/C19H17P.C7H10N3O3P/c1-20(17-11-5-2-6-12-17,18-13-7-3-8-14-18)19-15-9-4-10-16-19;1-3-9-6(12)8-5(4-11)10(14-2)7(9)13/h2-16H,1H2;4,14H,3H2,1-2H3. The van der Waals surface area contributed by atoms with E-state index in [-0.39, 0.29) is 21.1 Å². The molecule has 0 bridgehead atoms. The Kier molecular flexibility index (Phi) is 8.70. The summed E-state index contributed by atoms with van der Waals surface area (Å²) in [5.74, 6) is -0.106. The van der Waals surface area contributed by atoms with E-state index in [1.165, 1.54) is 20.3 Å². The van der Waals surface area contributed by atoms with Crippen molar-refractivity contribution in [2.24, 2.45) is 0 Å². The highest BCUT2D eigenvalue weighted by Gasteiger charge is 2.21. The summed E-state index contributed by atoms with van der Waals surface area (Å²) in [6, 6.07) is 31.9. The molecule has 4 aromatic rings. The fourth-order valence-corrected chi connectivity index (χ4v) is 7.14. The van der Waals surface area contributed by atoms with Gasteiger partial charge in [-0.25, -0.2) is 14.2 Å². The average molecular weight is 491 g/mol. The number of hydrogen-bond donors (Lipinski definition) is 0. The van der Waals surface area contributed by atoms with Gasteiger partial charge in [-0.2, -0.15) is 4.98 Å². The van der Waals surface area contributed by atoms with Gasteiger partial charge in [-0.3, -0.25) is 9.13 Å². The summed E-state index contributed by atoms with van der Waals surface area (Å²) in [4.78, 5) is 36.8. The lowest BCUT2D eigenvalue weighted by molar-refractivity contribution is 0.111. The van der Waals surface area contributed by atoms with E-state index >= 15 is 0 Å². The molecule has 0 aliphatic carbocycles. The van der Waals surface area contributed by atoms with E-state index in [9.17, 15) is 14.4 Å². The van der Waals surface area contributed by atoms with Gasteiger partial charge in [-0.15, -0.1) is 0 Å². The molecule has 3 aromatic carbocycles. The number of rotatable bonds is 6. The third kappa shape index (κ3) is 5.25. The van der Waals surface area contributed by atoms with E-state index in [1.807, 2.05) is 0 Å². The van der Waals surface area contributed by atoms with Crippen LogP contribution in [0.4, 0.5) is 0 Å². The van der Waals surface area contributed by atoms with Crippen LogP contribution in [-0.4, -0.2) is 33.1 Å². The minimum atomic E-state index is -1.78. The molecule has 0 saturated heterocycles.